The quantitative estimate of drug-likeness (QED) is 0.414. The van der Waals surface area contributed by atoms with Crippen LogP contribution in [0, 0.1) is 13.8 Å². The summed E-state index contributed by atoms with van der Waals surface area (Å²) in [5.74, 6) is 0. The Bertz CT molecular complexity index is 1080. The largest absolute Gasteiger partial charge is 0.397 e. The predicted molar refractivity (Wildman–Crippen MR) is 90.6 cm³/mol. The summed E-state index contributed by atoms with van der Waals surface area (Å²) >= 11 is 0. The molecule has 0 amide bonds. The summed E-state index contributed by atoms with van der Waals surface area (Å²) in [6, 6.07) is 6.28. The van der Waals surface area contributed by atoms with Crippen LogP contribution in [-0.4, -0.2) is 25.9 Å². The number of azo groups is 1. The molecule has 25 heavy (non-hydrogen) atoms. The van der Waals surface area contributed by atoms with Crippen LogP contribution in [0.25, 0.3) is 0 Å². The Morgan fingerprint density at radius 3 is 2.04 bits per heavy atom. The first-order valence-corrected chi connectivity index (χ1v) is 9.65. The molecule has 0 fully saturated rings. The van der Waals surface area contributed by atoms with Gasteiger partial charge in [-0.2, -0.15) is 27.1 Å². The molecule has 0 radical (unpaired) electrons. The Labute approximate surface area is 144 Å². The van der Waals surface area contributed by atoms with Gasteiger partial charge in [0.1, 0.15) is 4.90 Å². The summed E-state index contributed by atoms with van der Waals surface area (Å²) in [6.07, 6.45) is 0. The van der Waals surface area contributed by atoms with E-state index in [2.05, 4.69) is 10.2 Å². The Kier molecular flexibility index (Phi) is 4.95. The second-order valence-corrected chi connectivity index (χ2v) is 8.08. The molecule has 9 nitrogen and oxygen atoms in total. The molecular weight excluding hydrogens is 370 g/mol. The first-order valence-electron chi connectivity index (χ1n) is 6.77. The first kappa shape index (κ1) is 19.0. The summed E-state index contributed by atoms with van der Waals surface area (Å²) in [5, 5.41) is 7.81. The third-order valence-corrected chi connectivity index (χ3v) is 5.09. The molecule has 0 bridgehead atoms. The molecule has 2 aromatic rings. The third kappa shape index (κ3) is 4.39. The number of nitrogens with zero attached hydrogens (tertiary/aromatic N) is 2. The van der Waals surface area contributed by atoms with Crippen LogP contribution in [0.3, 0.4) is 0 Å². The first-order chi connectivity index (χ1) is 11.4. The Hall–Kier alpha value is -2.34. The van der Waals surface area contributed by atoms with Gasteiger partial charge in [0.15, 0.2) is 0 Å². The van der Waals surface area contributed by atoms with Crippen LogP contribution in [-0.2, 0) is 20.2 Å². The standard InChI is InChI=1S/C14H15N3O6S2/c1-8-6-11(24(18,19)20)3-4-12(8)17-16-10-5-9(2)14(15)13(7-10)25(21,22)23/h3-7H,15H2,1-2H3,(H,18,19,20)(H,21,22,23). The SMILES string of the molecule is Cc1cc(S(=O)(=O)O)ccc1N=Nc1cc(C)c(N)c(S(=O)(=O)O)c1. The van der Waals surface area contributed by atoms with Crippen molar-refractivity contribution in [1.82, 2.24) is 0 Å². The van der Waals surface area contributed by atoms with Crippen molar-refractivity contribution in [3.8, 4) is 0 Å². The molecule has 2 aromatic carbocycles. The topological polar surface area (TPSA) is 159 Å². The highest BCUT2D eigenvalue weighted by Gasteiger charge is 2.17. The molecule has 0 saturated heterocycles. The number of anilines is 1. The van der Waals surface area contributed by atoms with Gasteiger partial charge in [-0.1, -0.05) is 0 Å². The van der Waals surface area contributed by atoms with Gasteiger partial charge in [-0.3, -0.25) is 9.11 Å². The summed E-state index contributed by atoms with van der Waals surface area (Å²) in [7, 11) is -8.83. The highest BCUT2D eigenvalue weighted by molar-refractivity contribution is 7.86. The van der Waals surface area contributed by atoms with Crippen LogP contribution in [0.1, 0.15) is 11.1 Å². The minimum absolute atomic E-state index is 0.0878. The molecule has 11 heteroatoms. The van der Waals surface area contributed by atoms with Crippen LogP contribution in [0.5, 0.6) is 0 Å². The zero-order valence-corrected chi connectivity index (χ0v) is 14.8. The van der Waals surface area contributed by atoms with Crippen molar-refractivity contribution in [3.05, 3.63) is 41.5 Å². The van der Waals surface area contributed by atoms with Gasteiger partial charge < -0.3 is 5.73 Å². The van der Waals surface area contributed by atoms with Gasteiger partial charge >= 0.3 is 0 Å². The summed E-state index contributed by atoms with van der Waals surface area (Å²) in [6.45, 7) is 3.12. The Morgan fingerprint density at radius 2 is 1.52 bits per heavy atom. The van der Waals surface area contributed by atoms with Crippen LogP contribution < -0.4 is 5.73 Å². The van der Waals surface area contributed by atoms with Crippen LogP contribution in [0.15, 0.2) is 50.4 Å². The Morgan fingerprint density at radius 1 is 0.880 bits per heavy atom. The zero-order chi connectivity index (χ0) is 19.0. The van der Waals surface area contributed by atoms with E-state index in [1.165, 1.54) is 18.2 Å². The monoisotopic (exact) mass is 385 g/mol. The number of nitrogen functional groups attached to an aromatic ring is 1. The van der Waals surface area contributed by atoms with Gasteiger partial charge in [-0.15, -0.1) is 0 Å². The van der Waals surface area contributed by atoms with Crippen molar-refractivity contribution in [2.75, 3.05) is 5.73 Å². The molecular formula is C14H15N3O6S2. The predicted octanol–water partition coefficient (Wildman–Crippen LogP) is 2.79. The molecule has 0 spiro atoms. The average Bonchev–Trinajstić information content (AvgIpc) is 2.47. The minimum atomic E-state index is -4.51. The average molecular weight is 385 g/mol. The van der Waals surface area contributed by atoms with E-state index < -0.39 is 25.1 Å². The lowest BCUT2D eigenvalue weighted by molar-refractivity contribution is 0.481. The van der Waals surface area contributed by atoms with E-state index in [9.17, 15) is 21.4 Å². The smallest absolute Gasteiger partial charge is 0.296 e. The van der Waals surface area contributed by atoms with Crippen molar-refractivity contribution >= 4 is 37.3 Å². The van der Waals surface area contributed by atoms with Gasteiger partial charge in [-0.05, 0) is 55.3 Å². The van der Waals surface area contributed by atoms with E-state index in [0.717, 1.165) is 12.1 Å². The van der Waals surface area contributed by atoms with Crippen molar-refractivity contribution in [2.24, 2.45) is 10.2 Å². The molecule has 2 rings (SSSR count). The fourth-order valence-electron chi connectivity index (χ4n) is 2.03. The number of hydrogen-bond acceptors (Lipinski definition) is 7. The molecule has 0 unspecified atom stereocenters. The second kappa shape index (κ2) is 6.52. The Balaban J connectivity index is 2.45. The lowest BCUT2D eigenvalue weighted by Crippen LogP contribution is -2.04. The molecule has 0 heterocycles. The maximum Gasteiger partial charge on any atom is 0.296 e. The molecule has 0 aromatic heterocycles. The van der Waals surface area contributed by atoms with Gasteiger partial charge in [-0.25, -0.2) is 0 Å². The minimum Gasteiger partial charge on any atom is -0.397 e. The third-order valence-electron chi connectivity index (χ3n) is 3.35. The lowest BCUT2D eigenvalue weighted by atomic mass is 10.2. The molecule has 4 N–H and O–H groups in total. The number of benzene rings is 2. The summed E-state index contributed by atoms with van der Waals surface area (Å²) in [4.78, 5) is -0.749. The molecule has 0 aliphatic heterocycles. The van der Waals surface area contributed by atoms with E-state index in [-0.39, 0.29) is 16.3 Å². The van der Waals surface area contributed by atoms with E-state index in [1.54, 1.807) is 13.8 Å². The van der Waals surface area contributed by atoms with Crippen molar-refractivity contribution in [2.45, 2.75) is 23.6 Å². The molecule has 0 saturated carbocycles. The molecule has 0 aliphatic carbocycles. The van der Waals surface area contributed by atoms with Gasteiger partial charge in [0.05, 0.1) is 22.0 Å². The van der Waals surface area contributed by atoms with E-state index in [1.807, 2.05) is 0 Å². The van der Waals surface area contributed by atoms with Crippen LogP contribution in [0.2, 0.25) is 0 Å². The van der Waals surface area contributed by atoms with Crippen molar-refractivity contribution in [1.29, 1.82) is 0 Å². The van der Waals surface area contributed by atoms with Crippen molar-refractivity contribution < 1.29 is 25.9 Å². The molecule has 134 valence electrons. The van der Waals surface area contributed by atoms with Gasteiger partial charge in [0.25, 0.3) is 20.2 Å². The van der Waals surface area contributed by atoms with Gasteiger partial charge in [0.2, 0.25) is 0 Å². The maximum absolute atomic E-state index is 11.3. The fraction of sp³-hybridized carbons (Fsp3) is 0.143. The van der Waals surface area contributed by atoms with Crippen molar-refractivity contribution in [3.63, 3.8) is 0 Å². The normalized spacial score (nSPS) is 12.6. The maximum atomic E-state index is 11.3. The number of rotatable bonds is 4. The highest BCUT2D eigenvalue weighted by atomic mass is 32.2. The molecule has 0 aliphatic rings. The van der Waals surface area contributed by atoms with Crippen LogP contribution in [0.4, 0.5) is 17.1 Å². The van der Waals surface area contributed by atoms with Crippen LogP contribution >= 0.6 is 0 Å². The van der Waals surface area contributed by atoms with E-state index in [0.29, 0.717) is 16.8 Å². The van der Waals surface area contributed by atoms with Gasteiger partial charge in [0, 0.05) is 0 Å². The second-order valence-electron chi connectivity index (χ2n) is 5.27. The molecule has 0 atom stereocenters. The summed E-state index contributed by atoms with van der Waals surface area (Å²) < 4.78 is 63.0. The number of hydrogen-bond donors (Lipinski definition) is 3. The number of nitrogens with two attached hydrogens (primary N) is 1. The number of aryl methyl sites for hydroxylation is 2. The fourth-order valence-corrected chi connectivity index (χ4v) is 3.31. The zero-order valence-electron chi connectivity index (χ0n) is 13.2. The summed E-state index contributed by atoms with van der Waals surface area (Å²) in [5.41, 5.74) is 6.82. The van der Waals surface area contributed by atoms with E-state index in [4.69, 9.17) is 10.3 Å². The van der Waals surface area contributed by atoms with E-state index >= 15 is 0 Å². The highest BCUT2D eigenvalue weighted by Crippen LogP contribution is 2.30. The lowest BCUT2D eigenvalue weighted by Gasteiger charge is -2.07.